The van der Waals surface area contributed by atoms with E-state index in [1.54, 1.807) is 0 Å². The summed E-state index contributed by atoms with van der Waals surface area (Å²) in [5.41, 5.74) is 1.80. The van der Waals surface area contributed by atoms with Gasteiger partial charge >= 0.3 is 0 Å². The Bertz CT molecular complexity index is 393. The van der Waals surface area contributed by atoms with Crippen molar-refractivity contribution in [3.05, 3.63) is 15.6 Å². The van der Waals surface area contributed by atoms with Crippen molar-refractivity contribution in [3.63, 3.8) is 0 Å². The molecule has 0 radical (unpaired) electrons. The lowest BCUT2D eigenvalue weighted by molar-refractivity contribution is 0.590. The van der Waals surface area contributed by atoms with E-state index in [0.29, 0.717) is 17.4 Å². The highest BCUT2D eigenvalue weighted by molar-refractivity contribution is 7.11. The van der Waals surface area contributed by atoms with Gasteiger partial charge in [0.1, 0.15) is 0 Å². The lowest BCUT2D eigenvalue weighted by atomic mass is 10.1. The van der Waals surface area contributed by atoms with Crippen molar-refractivity contribution >= 4 is 11.3 Å². The van der Waals surface area contributed by atoms with Crippen LogP contribution in [0.3, 0.4) is 0 Å². The Hall–Kier alpha value is -0.410. The highest BCUT2D eigenvalue weighted by atomic mass is 32.1. The molecule has 1 heterocycles. The first-order chi connectivity index (χ1) is 7.94. The molecule has 0 saturated heterocycles. The average molecular weight is 252 g/mol. The molecule has 0 aromatic carbocycles. The maximum Gasteiger partial charge on any atom is 0.0968 e. The molecule has 0 spiro atoms. The van der Waals surface area contributed by atoms with Crippen molar-refractivity contribution in [2.24, 2.45) is 5.41 Å². The van der Waals surface area contributed by atoms with Gasteiger partial charge in [-0.15, -0.1) is 11.3 Å². The minimum absolute atomic E-state index is 0.492. The lowest BCUT2D eigenvalue weighted by Crippen LogP contribution is -2.21. The summed E-state index contributed by atoms with van der Waals surface area (Å²) in [4.78, 5) is 6.29. The van der Waals surface area contributed by atoms with Crippen molar-refractivity contribution in [2.75, 3.05) is 0 Å². The molecule has 1 aliphatic carbocycles. The molecule has 2 nitrogen and oxygen atoms in total. The van der Waals surface area contributed by atoms with Gasteiger partial charge in [0.25, 0.3) is 0 Å². The molecule has 17 heavy (non-hydrogen) atoms. The predicted octanol–water partition coefficient (Wildman–Crippen LogP) is 3.72. The second kappa shape index (κ2) is 4.69. The Morgan fingerprint density at radius 3 is 2.59 bits per heavy atom. The number of hydrogen-bond acceptors (Lipinski definition) is 3. The van der Waals surface area contributed by atoms with E-state index in [0.717, 1.165) is 13.0 Å². The summed E-state index contributed by atoms with van der Waals surface area (Å²) in [5.74, 6) is 0.714. The summed E-state index contributed by atoms with van der Waals surface area (Å²) in [6.45, 7) is 12.3. The number of rotatable bonds is 5. The molecule has 1 saturated carbocycles. The molecule has 3 heteroatoms. The zero-order chi connectivity index (χ0) is 12.6. The Morgan fingerprint density at radius 2 is 2.12 bits per heavy atom. The van der Waals surface area contributed by atoms with Gasteiger partial charge in [-0.05, 0) is 18.3 Å². The molecule has 1 aromatic heterocycles. The van der Waals surface area contributed by atoms with Crippen LogP contribution in [0.25, 0.3) is 0 Å². The summed E-state index contributed by atoms with van der Waals surface area (Å²) in [5, 5.41) is 4.87. The minimum atomic E-state index is 0.492. The second-order valence-corrected chi connectivity index (χ2v) is 7.17. The predicted molar refractivity (Wildman–Crippen MR) is 74.6 cm³/mol. The van der Waals surface area contributed by atoms with Gasteiger partial charge in [-0.25, -0.2) is 4.98 Å². The standard InChI is InChI=1S/C14H24N2S/c1-6-11-12(8-15-9(2)3)17-13(16-11)10-7-14(10,4)5/h9-10,15H,6-8H2,1-5H3. The van der Waals surface area contributed by atoms with Crippen LogP contribution in [0.1, 0.15) is 62.5 Å². The molecule has 0 aliphatic heterocycles. The maximum atomic E-state index is 4.84. The highest BCUT2D eigenvalue weighted by Gasteiger charge is 2.48. The van der Waals surface area contributed by atoms with Crippen LogP contribution in [-0.4, -0.2) is 11.0 Å². The Labute approximate surface area is 109 Å². The molecule has 1 fully saturated rings. The lowest BCUT2D eigenvalue weighted by Gasteiger charge is -2.06. The number of nitrogens with one attached hydrogen (secondary N) is 1. The molecule has 1 aliphatic rings. The third kappa shape index (κ3) is 2.89. The van der Waals surface area contributed by atoms with E-state index >= 15 is 0 Å². The van der Waals surface area contributed by atoms with Crippen LogP contribution < -0.4 is 5.32 Å². The molecular formula is C14H24N2S. The SMILES string of the molecule is CCc1nc(C2CC2(C)C)sc1CNC(C)C. The van der Waals surface area contributed by atoms with Gasteiger partial charge in [-0.1, -0.05) is 34.6 Å². The molecule has 1 aromatic rings. The van der Waals surface area contributed by atoms with Gasteiger partial charge in [0.05, 0.1) is 10.7 Å². The van der Waals surface area contributed by atoms with Gasteiger partial charge in [0.15, 0.2) is 0 Å². The summed E-state index contributed by atoms with van der Waals surface area (Å²) in [6, 6.07) is 0.544. The number of thiazole rings is 1. The first-order valence-corrected chi connectivity index (χ1v) is 7.47. The largest absolute Gasteiger partial charge is 0.310 e. The van der Waals surface area contributed by atoms with Crippen LogP contribution >= 0.6 is 11.3 Å². The fourth-order valence-electron chi connectivity index (χ4n) is 2.15. The number of aromatic nitrogens is 1. The zero-order valence-electron chi connectivity index (χ0n) is 11.6. The maximum absolute atomic E-state index is 4.84. The van der Waals surface area contributed by atoms with E-state index < -0.39 is 0 Å². The molecule has 1 atom stereocenters. The number of hydrogen-bond donors (Lipinski definition) is 1. The number of nitrogens with zero attached hydrogens (tertiary/aromatic N) is 1. The highest BCUT2D eigenvalue weighted by Crippen LogP contribution is 2.59. The van der Waals surface area contributed by atoms with Crippen LogP contribution in [0.2, 0.25) is 0 Å². The first-order valence-electron chi connectivity index (χ1n) is 6.66. The van der Waals surface area contributed by atoms with E-state index in [1.165, 1.54) is 22.0 Å². The molecule has 96 valence electrons. The monoisotopic (exact) mass is 252 g/mol. The molecule has 0 amide bonds. The van der Waals surface area contributed by atoms with Crippen LogP contribution in [0.15, 0.2) is 0 Å². The van der Waals surface area contributed by atoms with E-state index in [1.807, 2.05) is 11.3 Å². The Morgan fingerprint density at radius 1 is 1.47 bits per heavy atom. The van der Waals surface area contributed by atoms with Crippen molar-refractivity contribution in [2.45, 2.75) is 66.0 Å². The second-order valence-electron chi connectivity index (χ2n) is 6.06. The third-order valence-electron chi connectivity index (χ3n) is 3.61. The summed E-state index contributed by atoms with van der Waals surface area (Å²) < 4.78 is 0. The number of aryl methyl sites for hydroxylation is 1. The molecule has 1 unspecified atom stereocenters. The molecular weight excluding hydrogens is 228 g/mol. The zero-order valence-corrected chi connectivity index (χ0v) is 12.4. The van der Waals surface area contributed by atoms with E-state index in [2.05, 4.69) is 39.9 Å². The van der Waals surface area contributed by atoms with E-state index in [9.17, 15) is 0 Å². The fraction of sp³-hybridized carbons (Fsp3) is 0.786. The first kappa shape index (κ1) is 13.0. The van der Waals surface area contributed by atoms with E-state index in [-0.39, 0.29) is 0 Å². The smallest absolute Gasteiger partial charge is 0.0968 e. The topological polar surface area (TPSA) is 24.9 Å². The van der Waals surface area contributed by atoms with Gasteiger partial charge in [0.2, 0.25) is 0 Å². The van der Waals surface area contributed by atoms with Crippen LogP contribution in [0, 0.1) is 5.41 Å². The van der Waals surface area contributed by atoms with Crippen molar-refractivity contribution in [3.8, 4) is 0 Å². The third-order valence-corrected chi connectivity index (χ3v) is 4.82. The quantitative estimate of drug-likeness (QED) is 0.864. The van der Waals surface area contributed by atoms with Crippen molar-refractivity contribution < 1.29 is 0 Å². The normalized spacial score (nSPS) is 22.1. The Kier molecular flexibility index (Phi) is 3.60. The van der Waals surface area contributed by atoms with Crippen LogP contribution in [-0.2, 0) is 13.0 Å². The summed E-state index contributed by atoms with van der Waals surface area (Å²) >= 11 is 1.93. The molecule has 0 bridgehead atoms. The van der Waals surface area contributed by atoms with Gasteiger partial charge in [-0.3, -0.25) is 0 Å². The average Bonchev–Trinajstić information content (AvgIpc) is 2.74. The van der Waals surface area contributed by atoms with Gasteiger partial charge in [-0.2, -0.15) is 0 Å². The van der Waals surface area contributed by atoms with E-state index in [4.69, 9.17) is 4.98 Å². The van der Waals surface area contributed by atoms with Crippen molar-refractivity contribution in [1.82, 2.24) is 10.3 Å². The minimum Gasteiger partial charge on any atom is -0.310 e. The van der Waals surface area contributed by atoms with Crippen LogP contribution in [0.5, 0.6) is 0 Å². The Balaban J connectivity index is 2.10. The van der Waals surface area contributed by atoms with Gasteiger partial charge in [0, 0.05) is 23.4 Å². The molecule has 1 N–H and O–H groups in total. The fourth-order valence-corrected chi connectivity index (χ4v) is 3.57. The van der Waals surface area contributed by atoms with Crippen molar-refractivity contribution in [1.29, 1.82) is 0 Å². The summed E-state index contributed by atoms with van der Waals surface area (Å²) in [6.07, 6.45) is 2.36. The van der Waals surface area contributed by atoms with Crippen LogP contribution in [0.4, 0.5) is 0 Å². The molecule has 2 rings (SSSR count). The van der Waals surface area contributed by atoms with Gasteiger partial charge < -0.3 is 5.32 Å². The summed E-state index contributed by atoms with van der Waals surface area (Å²) in [7, 11) is 0.